The van der Waals surface area contributed by atoms with Crippen molar-refractivity contribution in [3.63, 3.8) is 0 Å². The highest BCUT2D eigenvalue weighted by Gasteiger charge is 1.94. The molecule has 0 bridgehead atoms. The highest BCUT2D eigenvalue weighted by atomic mass is 127. The molecular weight excluding hydrogens is 281 g/mol. The molecule has 0 heterocycles. The summed E-state index contributed by atoms with van der Waals surface area (Å²) in [6, 6.07) is 7.66. The largest absolute Gasteiger partial charge is 0.480 e. The van der Waals surface area contributed by atoms with Crippen molar-refractivity contribution in [1.82, 2.24) is 0 Å². The fourth-order valence-electron chi connectivity index (χ4n) is 0.802. The van der Waals surface area contributed by atoms with Crippen molar-refractivity contribution in [3.05, 3.63) is 33.4 Å². The number of benzene rings is 1. The van der Waals surface area contributed by atoms with Crippen LogP contribution < -0.4 is 0 Å². The van der Waals surface area contributed by atoms with Crippen LogP contribution in [0.2, 0.25) is 0 Å². The lowest BCUT2D eigenvalue weighted by molar-refractivity contribution is -0.135. The molecule has 1 N–H and O–H groups in total. The van der Waals surface area contributed by atoms with Crippen molar-refractivity contribution in [2.75, 3.05) is 6.54 Å². The zero-order valence-corrected chi connectivity index (χ0v) is 8.93. The molecule has 0 radical (unpaired) electrons. The van der Waals surface area contributed by atoms with Gasteiger partial charge >= 0.3 is 5.97 Å². The molecule has 0 unspecified atom stereocenters. The Morgan fingerprint density at radius 3 is 2.85 bits per heavy atom. The Hall–Kier alpha value is -0.910. The molecule has 13 heavy (non-hydrogen) atoms. The Morgan fingerprint density at radius 2 is 2.23 bits per heavy atom. The maximum absolute atomic E-state index is 10.2. The molecule has 3 nitrogen and oxygen atoms in total. The first kappa shape index (κ1) is 10.2. The van der Waals surface area contributed by atoms with E-state index >= 15 is 0 Å². The van der Waals surface area contributed by atoms with E-state index in [9.17, 15) is 4.79 Å². The highest BCUT2D eigenvalue weighted by Crippen LogP contribution is 2.08. The number of carboxylic acids is 1. The second-order valence-corrected chi connectivity index (χ2v) is 3.55. The Balaban J connectivity index is 2.68. The van der Waals surface area contributed by atoms with Gasteiger partial charge in [0, 0.05) is 15.3 Å². The average molecular weight is 289 g/mol. The van der Waals surface area contributed by atoms with Crippen molar-refractivity contribution in [1.29, 1.82) is 0 Å². The van der Waals surface area contributed by atoms with Crippen molar-refractivity contribution >= 4 is 34.8 Å². The van der Waals surface area contributed by atoms with Gasteiger partial charge in [0.1, 0.15) is 6.54 Å². The molecule has 0 aliphatic heterocycles. The van der Waals surface area contributed by atoms with Crippen LogP contribution in [0.3, 0.4) is 0 Å². The molecule has 68 valence electrons. The van der Waals surface area contributed by atoms with Gasteiger partial charge < -0.3 is 5.11 Å². The van der Waals surface area contributed by atoms with E-state index in [1.54, 1.807) is 6.21 Å². The van der Waals surface area contributed by atoms with Crippen LogP contribution in [0.1, 0.15) is 5.56 Å². The van der Waals surface area contributed by atoms with Crippen LogP contribution in [0.4, 0.5) is 0 Å². The van der Waals surface area contributed by atoms with Crippen LogP contribution in [0, 0.1) is 3.57 Å². The van der Waals surface area contributed by atoms with E-state index in [0.717, 1.165) is 9.13 Å². The molecule has 0 saturated heterocycles. The number of halogens is 1. The van der Waals surface area contributed by atoms with E-state index in [-0.39, 0.29) is 6.54 Å². The number of hydrogen-bond acceptors (Lipinski definition) is 2. The Bertz CT molecular complexity index is 336. The number of carboxylic acid groups (broad SMARTS) is 1. The third kappa shape index (κ3) is 3.54. The van der Waals surface area contributed by atoms with E-state index < -0.39 is 5.97 Å². The van der Waals surface area contributed by atoms with Gasteiger partial charge in [0.15, 0.2) is 0 Å². The van der Waals surface area contributed by atoms with Gasteiger partial charge in [-0.2, -0.15) is 0 Å². The molecule has 1 aromatic carbocycles. The molecule has 0 atom stereocenters. The van der Waals surface area contributed by atoms with Gasteiger partial charge in [0.25, 0.3) is 0 Å². The first-order valence-electron chi connectivity index (χ1n) is 3.66. The highest BCUT2D eigenvalue weighted by molar-refractivity contribution is 14.1. The minimum Gasteiger partial charge on any atom is -0.480 e. The smallest absolute Gasteiger partial charge is 0.325 e. The van der Waals surface area contributed by atoms with Crippen LogP contribution in [0.5, 0.6) is 0 Å². The third-order valence-electron chi connectivity index (χ3n) is 1.36. The van der Waals surface area contributed by atoms with Crippen molar-refractivity contribution < 1.29 is 9.90 Å². The molecule has 0 saturated carbocycles. The molecule has 0 amide bonds. The summed E-state index contributed by atoms with van der Waals surface area (Å²) in [6.45, 7) is -0.176. The van der Waals surface area contributed by atoms with E-state index in [4.69, 9.17) is 5.11 Å². The number of carbonyl (C=O) groups is 1. The van der Waals surface area contributed by atoms with E-state index in [2.05, 4.69) is 27.6 Å². The molecule has 1 aromatic rings. The van der Waals surface area contributed by atoms with Gasteiger partial charge in [0.2, 0.25) is 0 Å². The van der Waals surface area contributed by atoms with Gasteiger partial charge in [-0.05, 0) is 28.7 Å². The summed E-state index contributed by atoms with van der Waals surface area (Å²) in [4.78, 5) is 13.9. The van der Waals surface area contributed by atoms with Crippen LogP contribution in [0.15, 0.2) is 29.3 Å². The average Bonchev–Trinajstić information content (AvgIpc) is 2.08. The quantitative estimate of drug-likeness (QED) is 0.681. The maximum atomic E-state index is 10.2. The van der Waals surface area contributed by atoms with Crippen LogP contribution in [-0.2, 0) is 4.79 Å². The normalized spacial score (nSPS) is 10.5. The fraction of sp³-hybridized carbons (Fsp3) is 0.111. The lowest BCUT2D eigenvalue weighted by atomic mass is 10.2. The Morgan fingerprint density at radius 1 is 1.54 bits per heavy atom. The Kier molecular flexibility index (Phi) is 3.88. The lowest BCUT2D eigenvalue weighted by Gasteiger charge is -1.95. The van der Waals surface area contributed by atoms with Gasteiger partial charge in [-0.25, -0.2) is 0 Å². The number of aliphatic imine (C=N–C) groups is 1. The zero-order chi connectivity index (χ0) is 9.68. The third-order valence-corrected chi connectivity index (χ3v) is 2.34. The summed E-state index contributed by atoms with van der Waals surface area (Å²) in [5.41, 5.74) is 0.948. The summed E-state index contributed by atoms with van der Waals surface area (Å²) in [7, 11) is 0. The first-order valence-corrected chi connectivity index (χ1v) is 4.74. The summed E-state index contributed by atoms with van der Waals surface area (Å²) in [5, 5.41) is 8.35. The molecule has 0 aliphatic rings. The van der Waals surface area contributed by atoms with Gasteiger partial charge in [0.05, 0.1) is 0 Å². The minimum atomic E-state index is -0.915. The monoisotopic (exact) mass is 289 g/mol. The molecule has 0 spiro atoms. The van der Waals surface area contributed by atoms with E-state index in [1.165, 1.54) is 0 Å². The molecular formula is C9H8INO2. The number of rotatable bonds is 3. The van der Waals surface area contributed by atoms with Crippen LogP contribution >= 0.6 is 22.6 Å². The summed E-state index contributed by atoms with van der Waals surface area (Å²) < 4.78 is 1.06. The predicted molar refractivity (Wildman–Crippen MR) is 59.3 cm³/mol. The summed E-state index contributed by atoms with van der Waals surface area (Å²) in [5.74, 6) is -0.915. The summed E-state index contributed by atoms with van der Waals surface area (Å²) in [6.07, 6.45) is 1.58. The zero-order valence-electron chi connectivity index (χ0n) is 6.77. The molecule has 0 fully saturated rings. The minimum absolute atomic E-state index is 0.176. The second kappa shape index (κ2) is 4.96. The number of aliphatic carboxylic acids is 1. The lowest BCUT2D eigenvalue weighted by Crippen LogP contribution is -1.99. The SMILES string of the molecule is O=C(O)CN=Cc1ccccc1I. The van der Waals surface area contributed by atoms with Crippen LogP contribution in [-0.4, -0.2) is 23.8 Å². The van der Waals surface area contributed by atoms with Crippen molar-refractivity contribution in [3.8, 4) is 0 Å². The second-order valence-electron chi connectivity index (χ2n) is 2.39. The topological polar surface area (TPSA) is 49.7 Å². The van der Waals surface area contributed by atoms with Gasteiger partial charge in [-0.1, -0.05) is 18.2 Å². The molecule has 1 rings (SSSR count). The number of hydrogen-bond donors (Lipinski definition) is 1. The Labute approximate surface area is 89.6 Å². The first-order chi connectivity index (χ1) is 6.20. The van der Waals surface area contributed by atoms with E-state index in [0.29, 0.717) is 0 Å². The fourth-order valence-corrected chi connectivity index (χ4v) is 1.33. The summed E-state index contributed by atoms with van der Waals surface area (Å²) >= 11 is 2.18. The predicted octanol–water partition coefficient (Wildman–Crippen LogP) is 1.79. The van der Waals surface area contributed by atoms with Crippen molar-refractivity contribution in [2.24, 2.45) is 4.99 Å². The van der Waals surface area contributed by atoms with Crippen LogP contribution in [0.25, 0.3) is 0 Å². The van der Waals surface area contributed by atoms with Crippen molar-refractivity contribution in [2.45, 2.75) is 0 Å². The molecule has 0 aromatic heterocycles. The van der Waals surface area contributed by atoms with E-state index in [1.807, 2.05) is 24.3 Å². The molecule has 4 heteroatoms. The van der Waals surface area contributed by atoms with Gasteiger partial charge in [-0.3, -0.25) is 9.79 Å². The maximum Gasteiger partial charge on any atom is 0.325 e. The standard InChI is InChI=1S/C9H8INO2/c10-8-4-2-1-3-7(8)5-11-6-9(12)13/h1-5H,6H2,(H,12,13). The number of nitrogens with zero attached hydrogens (tertiary/aromatic N) is 1. The van der Waals surface area contributed by atoms with Gasteiger partial charge in [-0.15, -0.1) is 0 Å². The molecule has 0 aliphatic carbocycles.